The Bertz CT molecular complexity index is 260. The van der Waals surface area contributed by atoms with E-state index in [4.69, 9.17) is 0 Å². The molecule has 1 radical (unpaired) electrons. The second kappa shape index (κ2) is 6.64. The normalized spacial score (nSPS) is 10.1. The van der Waals surface area contributed by atoms with E-state index in [1.807, 2.05) is 19.4 Å². The van der Waals surface area contributed by atoms with Crippen LogP contribution < -0.4 is 5.46 Å². The fourth-order valence-electron chi connectivity index (χ4n) is 1.47. The second-order valence-corrected chi connectivity index (χ2v) is 3.57. The maximum Gasteiger partial charge on any atom is 0.155 e. The molecule has 1 aromatic carbocycles. The van der Waals surface area contributed by atoms with E-state index in [1.54, 1.807) is 6.07 Å². The van der Waals surface area contributed by atoms with Gasteiger partial charge in [-0.25, -0.2) is 4.39 Å². The first-order chi connectivity index (χ1) is 6.84. The van der Waals surface area contributed by atoms with Gasteiger partial charge in [0.15, 0.2) is 7.28 Å². The Balaban J connectivity index is 2.21. The first kappa shape index (κ1) is 11.3. The van der Waals surface area contributed by atoms with Crippen LogP contribution in [0.3, 0.4) is 0 Å². The quantitative estimate of drug-likeness (QED) is 0.478. The SMILES string of the molecule is CCCCCC[B]c1ccccc1F. The van der Waals surface area contributed by atoms with Gasteiger partial charge in [-0.2, -0.15) is 0 Å². The van der Waals surface area contributed by atoms with Gasteiger partial charge in [0.05, 0.1) is 0 Å². The smallest absolute Gasteiger partial charge is 0.155 e. The van der Waals surface area contributed by atoms with Crippen LogP contribution in [0, 0.1) is 5.82 Å². The summed E-state index contributed by atoms with van der Waals surface area (Å²) in [5.41, 5.74) is 0.740. The van der Waals surface area contributed by atoms with Gasteiger partial charge in [-0.1, -0.05) is 62.6 Å². The maximum atomic E-state index is 13.1. The van der Waals surface area contributed by atoms with Crippen molar-refractivity contribution in [2.75, 3.05) is 0 Å². The van der Waals surface area contributed by atoms with Crippen molar-refractivity contribution in [3.05, 3.63) is 30.1 Å². The molecule has 0 amide bonds. The minimum atomic E-state index is -0.108. The van der Waals surface area contributed by atoms with Crippen LogP contribution in [0.5, 0.6) is 0 Å². The van der Waals surface area contributed by atoms with Crippen LogP contribution in [0.1, 0.15) is 32.6 Å². The highest BCUT2D eigenvalue weighted by Crippen LogP contribution is 2.02. The van der Waals surface area contributed by atoms with Crippen molar-refractivity contribution in [1.29, 1.82) is 0 Å². The Hall–Kier alpha value is -0.785. The van der Waals surface area contributed by atoms with Crippen molar-refractivity contribution in [3.63, 3.8) is 0 Å². The molecular formula is C12H17BF. The molecule has 0 heterocycles. The van der Waals surface area contributed by atoms with E-state index in [0.717, 1.165) is 11.8 Å². The van der Waals surface area contributed by atoms with Gasteiger partial charge in [-0.3, -0.25) is 0 Å². The van der Waals surface area contributed by atoms with E-state index >= 15 is 0 Å². The Kier molecular flexibility index (Phi) is 5.35. The lowest BCUT2D eigenvalue weighted by molar-refractivity contribution is 0.635. The molecule has 0 aliphatic rings. The summed E-state index contributed by atoms with van der Waals surface area (Å²) in [6, 6.07) is 6.94. The van der Waals surface area contributed by atoms with Crippen molar-refractivity contribution < 1.29 is 4.39 Å². The van der Waals surface area contributed by atoms with Crippen molar-refractivity contribution in [2.24, 2.45) is 0 Å². The van der Waals surface area contributed by atoms with E-state index in [0.29, 0.717) is 0 Å². The van der Waals surface area contributed by atoms with Gasteiger partial charge in [0.2, 0.25) is 0 Å². The van der Waals surface area contributed by atoms with Crippen LogP contribution >= 0.6 is 0 Å². The first-order valence-electron chi connectivity index (χ1n) is 5.42. The predicted molar refractivity (Wildman–Crippen MR) is 60.7 cm³/mol. The number of benzene rings is 1. The number of hydrogen-bond acceptors (Lipinski definition) is 0. The first-order valence-corrected chi connectivity index (χ1v) is 5.42. The zero-order valence-corrected chi connectivity index (χ0v) is 8.80. The third-order valence-electron chi connectivity index (χ3n) is 2.33. The molecule has 0 N–H and O–H groups in total. The monoisotopic (exact) mass is 191 g/mol. The molecule has 0 aliphatic heterocycles. The lowest BCUT2D eigenvalue weighted by atomic mass is 9.66. The zero-order chi connectivity index (χ0) is 10.2. The summed E-state index contributed by atoms with van der Waals surface area (Å²) in [7, 11) is 1.99. The molecule has 75 valence electrons. The molecule has 0 spiro atoms. The zero-order valence-electron chi connectivity index (χ0n) is 8.80. The molecule has 0 atom stereocenters. The predicted octanol–water partition coefficient (Wildman–Crippen LogP) is 3.15. The van der Waals surface area contributed by atoms with Gasteiger partial charge >= 0.3 is 0 Å². The molecule has 0 saturated carbocycles. The number of rotatable bonds is 6. The molecule has 0 bridgehead atoms. The molecule has 0 saturated heterocycles. The third kappa shape index (κ3) is 3.95. The van der Waals surface area contributed by atoms with Crippen LogP contribution in [-0.4, -0.2) is 7.28 Å². The summed E-state index contributed by atoms with van der Waals surface area (Å²) < 4.78 is 13.1. The van der Waals surface area contributed by atoms with Crippen molar-refractivity contribution >= 4 is 12.7 Å². The van der Waals surface area contributed by atoms with E-state index in [9.17, 15) is 4.39 Å². The number of hydrogen-bond donors (Lipinski definition) is 0. The largest absolute Gasteiger partial charge is 0.208 e. The third-order valence-corrected chi connectivity index (χ3v) is 2.33. The van der Waals surface area contributed by atoms with Crippen molar-refractivity contribution in [3.8, 4) is 0 Å². The fraction of sp³-hybridized carbons (Fsp3) is 0.500. The summed E-state index contributed by atoms with van der Waals surface area (Å²) >= 11 is 0. The van der Waals surface area contributed by atoms with Gasteiger partial charge in [-0.15, -0.1) is 0 Å². The van der Waals surface area contributed by atoms with Crippen LogP contribution in [0.15, 0.2) is 24.3 Å². The Morgan fingerprint density at radius 1 is 1.14 bits per heavy atom. The highest BCUT2D eigenvalue weighted by molar-refractivity contribution is 6.53. The van der Waals surface area contributed by atoms with E-state index in [1.165, 1.54) is 31.7 Å². The van der Waals surface area contributed by atoms with Gasteiger partial charge < -0.3 is 0 Å². The summed E-state index contributed by atoms with van der Waals surface area (Å²) in [5.74, 6) is -0.108. The van der Waals surface area contributed by atoms with Crippen LogP contribution in [0.4, 0.5) is 4.39 Å². The molecule has 0 aliphatic carbocycles. The van der Waals surface area contributed by atoms with Crippen molar-refractivity contribution in [2.45, 2.75) is 38.9 Å². The Morgan fingerprint density at radius 2 is 1.93 bits per heavy atom. The Morgan fingerprint density at radius 3 is 2.64 bits per heavy atom. The highest BCUT2D eigenvalue weighted by Gasteiger charge is 2.00. The molecule has 14 heavy (non-hydrogen) atoms. The van der Waals surface area contributed by atoms with Gasteiger partial charge in [0.25, 0.3) is 0 Å². The van der Waals surface area contributed by atoms with Crippen LogP contribution in [0.2, 0.25) is 6.32 Å². The molecular weight excluding hydrogens is 174 g/mol. The van der Waals surface area contributed by atoms with Gasteiger partial charge in [0.1, 0.15) is 5.82 Å². The van der Waals surface area contributed by atoms with E-state index < -0.39 is 0 Å². The molecule has 2 heteroatoms. The number of halogens is 1. The average Bonchev–Trinajstić information content (AvgIpc) is 2.20. The standard InChI is InChI=1S/C12H17BF/c1-2-3-4-7-10-13-11-8-5-6-9-12(11)14/h5-6,8-9H,2-4,7,10H2,1H3. The van der Waals surface area contributed by atoms with Crippen molar-refractivity contribution in [1.82, 2.24) is 0 Å². The molecule has 0 unspecified atom stereocenters. The summed E-state index contributed by atoms with van der Waals surface area (Å²) in [6.07, 6.45) is 5.94. The molecule has 0 aromatic heterocycles. The molecule has 1 aromatic rings. The van der Waals surface area contributed by atoms with Gasteiger partial charge in [0, 0.05) is 0 Å². The molecule has 0 fully saturated rings. The average molecular weight is 191 g/mol. The summed E-state index contributed by atoms with van der Waals surface area (Å²) in [4.78, 5) is 0. The van der Waals surface area contributed by atoms with E-state index in [2.05, 4.69) is 6.92 Å². The minimum absolute atomic E-state index is 0.108. The number of unbranched alkanes of at least 4 members (excludes halogenated alkanes) is 3. The van der Waals surface area contributed by atoms with Crippen LogP contribution in [0.25, 0.3) is 0 Å². The maximum absolute atomic E-state index is 13.1. The molecule has 0 nitrogen and oxygen atoms in total. The lowest BCUT2D eigenvalue weighted by Crippen LogP contribution is -2.17. The van der Waals surface area contributed by atoms with Crippen LogP contribution in [-0.2, 0) is 0 Å². The fourth-order valence-corrected chi connectivity index (χ4v) is 1.47. The van der Waals surface area contributed by atoms with E-state index in [-0.39, 0.29) is 5.82 Å². The second-order valence-electron chi connectivity index (χ2n) is 3.57. The highest BCUT2D eigenvalue weighted by atomic mass is 19.1. The summed E-state index contributed by atoms with van der Waals surface area (Å²) in [6.45, 7) is 2.20. The summed E-state index contributed by atoms with van der Waals surface area (Å²) in [5, 5.41) is 0. The Labute approximate surface area is 86.8 Å². The minimum Gasteiger partial charge on any atom is -0.208 e. The lowest BCUT2D eigenvalue weighted by Gasteiger charge is -2.01. The topological polar surface area (TPSA) is 0 Å². The van der Waals surface area contributed by atoms with Gasteiger partial charge in [-0.05, 0) is 6.07 Å². The molecule has 1 rings (SSSR count).